The Morgan fingerprint density at radius 3 is 2.18 bits per heavy atom. The molecule has 0 fully saturated rings. The van der Waals surface area contributed by atoms with Gasteiger partial charge in [-0.2, -0.15) is 0 Å². The van der Waals surface area contributed by atoms with Gasteiger partial charge in [0.25, 0.3) is 0 Å². The van der Waals surface area contributed by atoms with Gasteiger partial charge in [-0.1, -0.05) is 85.0 Å². The van der Waals surface area contributed by atoms with Crippen LogP contribution in [0.4, 0.5) is 11.4 Å². The largest absolute Gasteiger partial charge is 0.379 e. The van der Waals surface area contributed by atoms with Crippen LogP contribution >= 0.6 is 0 Å². The second-order valence-corrected chi connectivity index (χ2v) is 8.64. The van der Waals surface area contributed by atoms with Gasteiger partial charge in [0.1, 0.15) is 0 Å². The zero-order chi connectivity index (χ0) is 21.8. The fourth-order valence-electron chi connectivity index (χ4n) is 5.38. The summed E-state index contributed by atoms with van der Waals surface area (Å²) in [5.74, 6) is 0. The summed E-state index contributed by atoms with van der Waals surface area (Å²) in [6.07, 6.45) is 9.00. The molecule has 4 aromatic carbocycles. The summed E-state index contributed by atoms with van der Waals surface area (Å²) in [5, 5.41) is 9.87. The second-order valence-electron chi connectivity index (χ2n) is 8.64. The first-order valence-corrected chi connectivity index (χ1v) is 11.5. The van der Waals surface area contributed by atoms with Crippen LogP contribution in [0.25, 0.3) is 50.8 Å². The van der Waals surface area contributed by atoms with Crippen LogP contribution in [-0.2, 0) is 0 Å². The molecule has 2 aliphatic rings. The van der Waals surface area contributed by atoms with Crippen LogP contribution in [0.1, 0.15) is 11.1 Å². The number of hydrogen-bond acceptors (Lipinski definition) is 2. The van der Waals surface area contributed by atoms with E-state index in [2.05, 4.69) is 118 Å². The van der Waals surface area contributed by atoms with Crippen LogP contribution < -0.4 is 10.6 Å². The fourth-order valence-corrected chi connectivity index (χ4v) is 5.38. The van der Waals surface area contributed by atoms with Crippen molar-refractivity contribution >= 4 is 45.3 Å². The van der Waals surface area contributed by atoms with Crippen LogP contribution in [-0.4, -0.2) is 17.7 Å². The lowest BCUT2D eigenvalue weighted by molar-refractivity contribution is 1.17. The number of rotatable bonds is 2. The summed E-state index contributed by atoms with van der Waals surface area (Å²) < 4.78 is 2.44. The highest BCUT2D eigenvalue weighted by molar-refractivity contribution is 6.20. The first-order valence-electron chi connectivity index (χ1n) is 11.5. The number of aromatic nitrogens is 1. The maximum atomic E-state index is 3.65. The molecule has 158 valence electrons. The van der Waals surface area contributed by atoms with Crippen molar-refractivity contribution in [3.63, 3.8) is 0 Å². The van der Waals surface area contributed by atoms with Gasteiger partial charge in [0.2, 0.25) is 0 Å². The van der Waals surface area contributed by atoms with E-state index in [0.29, 0.717) is 0 Å². The Bertz CT molecular complexity index is 1600. The van der Waals surface area contributed by atoms with Gasteiger partial charge < -0.3 is 15.2 Å². The number of nitrogens with one attached hydrogen (secondary N) is 2. The third-order valence-corrected chi connectivity index (χ3v) is 6.76. The second kappa shape index (κ2) is 7.14. The summed E-state index contributed by atoms with van der Waals surface area (Å²) in [5.41, 5.74) is 11.0. The van der Waals surface area contributed by atoms with Crippen molar-refractivity contribution in [2.75, 3.05) is 23.7 Å². The van der Waals surface area contributed by atoms with Crippen molar-refractivity contribution in [1.82, 2.24) is 4.57 Å². The molecule has 0 bridgehead atoms. The van der Waals surface area contributed by atoms with Crippen LogP contribution in [0.3, 0.4) is 0 Å². The normalized spacial score (nSPS) is 14.1. The van der Waals surface area contributed by atoms with E-state index in [4.69, 9.17) is 0 Å². The molecule has 0 amide bonds. The van der Waals surface area contributed by atoms with Crippen molar-refractivity contribution < 1.29 is 0 Å². The Labute approximate surface area is 192 Å². The minimum absolute atomic E-state index is 0.847. The zero-order valence-electron chi connectivity index (χ0n) is 18.2. The van der Waals surface area contributed by atoms with Gasteiger partial charge in [0, 0.05) is 40.7 Å². The van der Waals surface area contributed by atoms with Gasteiger partial charge in [-0.3, -0.25) is 0 Å². The van der Waals surface area contributed by atoms with Crippen molar-refractivity contribution in [1.29, 1.82) is 0 Å². The highest BCUT2D eigenvalue weighted by Gasteiger charge is 2.25. The third-order valence-electron chi connectivity index (χ3n) is 6.76. The summed E-state index contributed by atoms with van der Waals surface area (Å²) in [6.45, 7) is 1.70. The van der Waals surface area contributed by atoms with Crippen LogP contribution in [0.15, 0.2) is 91.0 Å². The Hall–Kier alpha value is -4.24. The average molecular weight is 426 g/mol. The number of nitrogens with zero attached hydrogens (tertiary/aromatic N) is 1. The van der Waals surface area contributed by atoms with E-state index in [9.17, 15) is 0 Å². The molecular formula is C30H23N3. The van der Waals surface area contributed by atoms with Crippen molar-refractivity contribution in [2.24, 2.45) is 0 Å². The third kappa shape index (κ3) is 2.69. The Morgan fingerprint density at radius 2 is 1.33 bits per heavy atom. The first-order chi connectivity index (χ1) is 16.4. The SMILES string of the molecule is C1=Cc2c(c3c(c4c2c2ccccc2n4-c2cccc(-c4ccccc4)c2)C=CCN3)NC1. The Balaban J connectivity index is 1.63. The molecule has 0 saturated heterocycles. The highest BCUT2D eigenvalue weighted by atomic mass is 15.0. The van der Waals surface area contributed by atoms with E-state index in [1.165, 1.54) is 61.1 Å². The van der Waals surface area contributed by atoms with E-state index >= 15 is 0 Å². The monoisotopic (exact) mass is 425 g/mol. The molecule has 3 heteroatoms. The summed E-state index contributed by atoms with van der Waals surface area (Å²) in [6, 6.07) is 28.3. The molecule has 3 nitrogen and oxygen atoms in total. The molecular weight excluding hydrogens is 402 g/mol. The lowest BCUT2D eigenvalue weighted by Crippen LogP contribution is -2.13. The first kappa shape index (κ1) is 18.3. The zero-order valence-corrected chi connectivity index (χ0v) is 18.2. The van der Waals surface area contributed by atoms with Gasteiger partial charge >= 0.3 is 0 Å². The Kier molecular flexibility index (Phi) is 3.97. The molecule has 5 aromatic rings. The van der Waals surface area contributed by atoms with E-state index in [0.717, 1.165) is 13.1 Å². The van der Waals surface area contributed by atoms with Crippen molar-refractivity contribution in [3.05, 3.63) is 102 Å². The van der Waals surface area contributed by atoms with E-state index in [1.54, 1.807) is 0 Å². The molecule has 0 spiro atoms. The van der Waals surface area contributed by atoms with E-state index < -0.39 is 0 Å². The number of hydrogen-bond donors (Lipinski definition) is 2. The molecule has 1 aromatic heterocycles. The van der Waals surface area contributed by atoms with Crippen molar-refractivity contribution in [2.45, 2.75) is 0 Å². The molecule has 7 rings (SSSR count). The molecule has 33 heavy (non-hydrogen) atoms. The Morgan fingerprint density at radius 1 is 0.636 bits per heavy atom. The summed E-state index contributed by atoms with van der Waals surface area (Å²) in [4.78, 5) is 0. The average Bonchev–Trinajstić information content (AvgIpc) is 3.25. The van der Waals surface area contributed by atoms with Gasteiger partial charge in [-0.15, -0.1) is 0 Å². The maximum absolute atomic E-state index is 3.65. The smallest absolute Gasteiger partial charge is 0.0679 e. The number of para-hydroxylation sites is 1. The van der Waals surface area contributed by atoms with Gasteiger partial charge in [-0.05, 0) is 29.3 Å². The fraction of sp³-hybridized carbons (Fsp3) is 0.0667. The van der Waals surface area contributed by atoms with E-state index in [1.807, 2.05) is 0 Å². The lowest BCUT2D eigenvalue weighted by atomic mass is 9.95. The van der Waals surface area contributed by atoms with Crippen molar-refractivity contribution in [3.8, 4) is 16.8 Å². The highest BCUT2D eigenvalue weighted by Crippen LogP contribution is 2.47. The minimum atomic E-state index is 0.847. The molecule has 0 saturated carbocycles. The topological polar surface area (TPSA) is 29.0 Å². The molecule has 0 aliphatic carbocycles. The maximum Gasteiger partial charge on any atom is 0.0679 e. The molecule has 2 N–H and O–H groups in total. The van der Waals surface area contributed by atoms with Crippen LogP contribution in [0, 0.1) is 0 Å². The quantitative estimate of drug-likeness (QED) is 0.310. The van der Waals surface area contributed by atoms with Gasteiger partial charge in [-0.25, -0.2) is 0 Å². The molecule has 3 heterocycles. The number of fused-ring (bicyclic) bond motifs is 8. The van der Waals surface area contributed by atoms with Gasteiger partial charge in [0.15, 0.2) is 0 Å². The van der Waals surface area contributed by atoms with Gasteiger partial charge in [0.05, 0.1) is 22.4 Å². The molecule has 0 radical (unpaired) electrons. The summed E-state index contributed by atoms with van der Waals surface area (Å²) in [7, 11) is 0. The van der Waals surface area contributed by atoms with Crippen LogP contribution in [0.2, 0.25) is 0 Å². The summed E-state index contributed by atoms with van der Waals surface area (Å²) >= 11 is 0. The molecule has 0 unspecified atom stereocenters. The standard InChI is InChI=1S/C30H23N3/c1-2-9-20(10-3-1)21-11-6-12-22(19-21)33-26-16-5-4-13-23(26)27-24-14-7-17-31-28(24)29-25(30(27)33)15-8-18-32-29/h1-16,19,31-32H,17-18H2. The molecule has 0 atom stereocenters. The lowest BCUT2D eigenvalue weighted by Gasteiger charge is -2.25. The molecule has 2 aliphatic heterocycles. The predicted octanol–water partition coefficient (Wildman–Crippen LogP) is 7.33. The van der Waals surface area contributed by atoms with E-state index in [-0.39, 0.29) is 0 Å². The van der Waals surface area contributed by atoms with Crippen LogP contribution in [0.5, 0.6) is 0 Å². The number of benzene rings is 4. The number of anilines is 2. The minimum Gasteiger partial charge on any atom is -0.379 e. The predicted molar refractivity (Wildman–Crippen MR) is 141 cm³/mol.